The second-order valence-corrected chi connectivity index (χ2v) is 8.89. The first-order chi connectivity index (χ1) is 12.9. The predicted molar refractivity (Wildman–Crippen MR) is 110 cm³/mol. The summed E-state index contributed by atoms with van der Waals surface area (Å²) >= 11 is 1.57. The molecule has 0 unspecified atom stereocenters. The van der Waals surface area contributed by atoms with Crippen molar-refractivity contribution in [2.45, 2.75) is 46.5 Å². The molecule has 1 N–H and O–H groups in total. The van der Waals surface area contributed by atoms with Crippen molar-refractivity contribution in [2.75, 3.05) is 12.4 Å². The smallest absolute Gasteiger partial charge is 0.256 e. The summed E-state index contributed by atoms with van der Waals surface area (Å²) in [7, 11) is 1.59. The second-order valence-electron chi connectivity index (χ2n) is 7.78. The molecule has 0 bridgehead atoms. The molecule has 0 saturated heterocycles. The first-order valence-corrected chi connectivity index (χ1v) is 10.2. The molecule has 3 rings (SSSR count). The Kier molecular flexibility index (Phi) is 5.57. The number of nitriles is 1. The summed E-state index contributed by atoms with van der Waals surface area (Å²) in [6.07, 6.45) is 4.16. The van der Waals surface area contributed by atoms with E-state index in [0.29, 0.717) is 33.2 Å². The van der Waals surface area contributed by atoms with E-state index in [2.05, 4.69) is 32.2 Å². The van der Waals surface area contributed by atoms with Gasteiger partial charge in [0.25, 0.3) is 5.91 Å². The summed E-state index contributed by atoms with van der Waals surface area (Å²) in [5.74, 6) is 1.13. The zero-order valence-corrected chi connectivity index (χ0v) is 17.2. The fourth-order valence-electron chi connectivity index (χ4n) is 3.67. The van der Waals surface area contributed by atoms with Crippen LogP contribution < -0.4 is 10.1 Å². The van der Waals surface area contributed by atoms with Gasteiger partial charge in [-0.05, 0) is 60.4 Å². The van der Waals surface area contributed by atoms with E-state index in [0.717, 1.165) is 31.2 Å². The number of ether oxygens (including phenoxy) is 1. The highest BCUT2D eigenvalue weighted by Crippen LogP contribution is 2.45. The highest BCUT2D eigenvalue weighted by molar-refractivity contribution is 7.16. The van der Waals surface area contributed by atoms with Crippen LogP contribution in [0.25, 0.3) is 0 Å². The van der Waals surface area contributed by atoms with Gasteiger partial charge in [-0.15, -0.1) is 11.3 Å². The number of fused-ring (bicyclic) bond motifs is 1. The van der Waals surface area contributed by atoms with E-state index in [1.165, 1.54) is 4.88 Å². The summed E-state index contributed by atoms with van der Waals surface area (Å²) < 4.78 is 5.13. The van der Waals surface area contributed by atoms with E-state index in [1.54, 1.807) is 42.7 Å². The maximum atomic E-state index is 12.6. The monoisotopic (exact) mass is 382 g/mol. The number of anilines is 1. The molecular weight excluding hydrogens is 356 g/mol. The van der Waals surface area contributed by atoms with E-state index in [4.69, 9.17) is 4.74 Å². The molecule has 0 aliphatic heterocycles. The fraction of sp³-hybridized carbons (Fsp3) is 0.455. The van der Waals surface area contributed by atoms with Crippen LogP contribution in [-0.4, -0.2) is 13.0 Å². The van der Waals surface area contributed by atoms with Crippen molar-refractivity contribution in [1.82, 2.24) is 0 Å². The average molecular weight is 383 g/mol. The minimum Gasteiger partial charge on any atom is -0.497 e. The van der Waals surface area contributed by atoms with Crippen LogP contribution in [0.15, 0.2) is 24.3 Å². The second kappa shape index (κ2) is 7.74. The molecule has 142 valence electrons. The quantitative estimate of drug-likeness (QED) is 0.751. The van der Waals surface area contributed by atoms with Crippen LogP contribution in [0.1, 0.15) is 60.0 Å². The van der Waals surface area contributed by atoms with E-state index in [-0.39, 0.29) is 5.91 Å². The lowest BCUT2D eigenvalue weighted by Crippen LogP contribution is -2.28. The van der Waals surface area contributed by atoms with E-state index in [9.17, 15) is 10.1 Å². The van der Waals surface area contributed by atoms with Crippen LogP contribution in [0.2, 0.25) is 0 Å². The van der Waals surface area contributed by atoms with Gasteiger partial charge >= 0.3 is 0 Å². The van der Waals surface area contributed by atoms with Crippen molar-refractivity contribution in [2.24, 2.45) is 11.3 Å². The highest BCUT2D eigenvalue weighted by Gasteiger charge is 2.34. The third-order valence-electron chi connectivity index (χ3n) is 5.97. The number of amides is 1. The number of hydrogen-bond acceptors (Lipinski definition) is 4. The Morgan fingerprint density at radius 3 is 2.67 bits per heavy atom. The summed E-state index contributed by atoms with van der Waals surface area (Å²) in [5, 5.41) is 13.3. The lowest BCUT2D eigenvalue weighted by molar-refractivity contribution is 0.102. The van der Waals surface area contributed by atoms with Crippen molar-refractivity contribution < 1.29 is 9.53 Å². The molecule has 4 nitrogen and oxygen atoms in total. The van der Waals surface area contributed by atoms with Gasteiger partial charge < -0.3 is 10.1 Å². The van der Waals surface area contributed by atoms with Gasteiger partial charge in [-0.3, -0.25) is 4.79 Å². The van der Waals surface area contributed by atoms with Crippen molar-refractivity contribution in [3.8, 4) is 11.8 Å². The third kappa shape index (κ3) is 3.86. The molecule has 0 saturated carbocycles. The van der Waals surface area contributed by atoms with Gasteiger partial charge in [0.15, 0.2) is 0 Å². The molecule has 1 amide bonds. The lowest BCUT2D eigenvalue weighted by atomic mass is 9.69. The molecule has 0 spiro atoms. The number of thiophene rings is 1. The predicted octanol–water partition coefficient (Wildman–Crippen LogP) is 5.42. The SMILES string of the molecule is CCC(C)(C)[C@H]1CCc2c(sc(NC(=O)c3ccc(OC)cc3)c2C#N)C1. The number of rotatable bonds is 5. The Bertz CT molecular complexity index is 875. The normalized spacial score (nSPS) is 16.3. The molecule has 1 aliphatic rings. The molecule has 2 aromatic rings. The zero-order chi connectivity index (χ0) is 19.6. The molecular formula is C22H26N2O2S. The minimum atomic E-state index is -0.196. The minimum absolute atomic E-state index is 0.196. The topological polar surface area (TPSA) is 62.1 Å². The molecule has 1 atom stereocenters. The van der Waals surface area contributed by atoms with Crippen LogP contribution in [0.5, 0.6) is 5.75 Å². The zero-order valence-electron chi connectivity index (χ0n) is 16.4. The van der Waals surface area contributed by atoms with Crippen LogP contribution >= 0.6 is 11.3 Å². The van der Waals surface area contributed by atoms with Gasteiger partial charge in [0, 0.05) is 10.4 Å². The summed E-state index contributed by atoms with van der Waals surface area (Å²) in [6.45, 7) is 6.90. The molecule has 0 radical (unpaired) electrons. The Hall–Kier alpha value is -2.32. The van der Waals surface area contributed by atoms with Crippen LogP contribution in [-0.2, 0) is 12.8 Å². The molecule has 27 heavy (non-hydrogen) atoms. The van der Waals surface area contributed by atoms with Gasteiger partial charge in [-0.25, -0.2) is 0 Å². The van der Waals surface area contributed by atoms with Crippen molar-refractivity contribution in [3.05, 3.63) is 45.8 Å². The number of carbonyl (C=O) groups excluding carboxylic acids is 1. The third-order valence-corrected chi connectivity index (χ3v) is 7.14. The lowest BCUT2D eigenvalue weighted by Gasteiger charge is -2.36. The van der Waals surface area contributed by atoms with Crippen molar-refractivity contribution in [1.29, 1.82) is 5.26 Å². The first kappa shape index (κ1) is 19.4. The average Bonchev–Trinajstić information content (AvgIpc) is 3.03. The molecule has 1 heterocycles. The Morgan fingerprint density at radius 2 is 2.07 bits per heavy atom. The Balaban J connectivity index is 1.83. The van der Waals surface area contributed by atoms with Gasteiger partial charge in [0.1, 0.15) is 16.8 Å². The number of methoxy groups -OCH3 is 1. The number of benzene rings is 1. The van der Waals surface area contributed by atoms with Crippen LogP contribution in [0.4, 0.5) is 5.00 Å². The van der Waals surface area contributed by atoms with Crippen molar-refractivity contribution in [3.63, 3.8) is 0 Å². The molecule has 0 fully saturated rings. The number of carbonyl (C=O) groups is 1. The maximum Gasteiger partial charge on any atom is 0.256 e. The molecule has 1 aliphatic carbocycles. The molecule has 1 aromatic carbocycles. The van der Waals surface area contributed by atoms with Gasteiger partial charge in [0.05, 0.1) is 12.7 Å². The first-order valence-electron chi connectivity index (χ1n) is 9.39. The van der Waals surface area contributed by atoms with Gasteiger partial charge in [0.2, 0.25) is 0 Å². The van der Waals surface area contributed by atoms with Crippen molar-refractivity contribution >= 4 is 22.2 Å². The molecule has 1 aromatic heterocycles. The number of nitrogens with one attached hydrogen (secondary N) is 1. The molecule has 5 heteroatoms. The maximum absolute atomic E-state index is 12.6. The van der Waals surface area contributed by atoms with Crippen LogP contribution in [0.3, 0.4) is 0 Å². The standard InChI is InChI=1S/C22H26N2O2S/c1-5-22(2,3)15-8-11-17-18(13-23)21(27-19(17)12-15)24-20(25)14-6-9-16(26-4)10-7-14/h6-7,9-10,15H,5,8,11-12H2,1-4H3,(H,24,25)/t15-/m0/s1. The van der Waals surface area contributed by atoms with E-state index in [1.807, 2.05) is 0 Å². The van der Waals surface area contributed by atoms with Gasteiger partial charge in [-0.2, -0.15) is 5.26 Å². The highest BCUT2D eigenvalue weighted by atomic mass is 32.1. The van der Waals surface area contributed by atoms with Gasteiger partial charge in [-0.1, -0.05) is 27.2 Å². The Labute approximate surface area is 165 Å². The summed E-state index contributed by atoms with van der Waals surface area (Å²) in [4.78, 5) is 13.9. The van der Waals surface area contributed by atoms with Crippen LogP contribution in [0, 0.1) is 22.7 Å². The summed E-state index contributed by atoms with van der Waals surface area (Å²) in [6, 6.07) is 9.30. The van der Waals surface area contributed by atoms with E-state index >= 15 is 0 Å². The van der Waals surface area contributed by atoms with E-state index < -0.39 is 0 Å². The number of nitrogens with zero attached hydrogens (tertiary/aromatic N) is 1. The summed E-state index contributed by atoms with van der Waals surface area (Å²) in [5.41, 5.74) is 2.62. The fourth-order valence-corrected chi connectivity index (χ4v) is 4.94. The Morgan fingerprint density at radius 1 is 1.37 bits per heavy atom. The number of hydrogen-bond donors (Lipinski definition) is 1. The largest absolute Gasteiger partial charge is 0.497 e.